The van der Waals surface area contributed by atoms with Crippen molar-refractivity contribution in [3.05, 3.63) is 64.8 Å². The second-order valence-electron chi connectivity index (χ2n) is 8.19. The third kappa shape index (κ3) is 3.67. The first-order valence-electron chi connectivity index (χ1n) is 10.7. The number of aromatic amines is 1. The van der Waals surface area contributed by atoms with Gasteiger partial charge in [0.05, 0.1) is 25.5 Å². The van der Waals surface area contributed by atoms with Crippen molar-refractivity contribution in [1.29, 1.82) is 0 Å². The van der Waals surface area contributed by atoms with Crippen molar-refractivity contribution in [3.63, 3.8) is 0 Å². The number of amides is 1. The highest BCUT2D eigenvalue weighted by atomic mass is 16.5. The molecule has 0 spiro atoms. The Morgan fingerprint density at radius 3 is 2.52 bits per heavy atom. The van der Waals surface area contributed by atoms with Crippen LogP contribution in [0.1, 0.15) is 60.4 Å². The van der Waals surface area contributed by atoms with Gasteiger partial charge in [-0.15, -0.1) is 0 Å². The number of methoxy groups -OCH3 is 1. The van der Waals surface area contributed by atoms with Gasteiger partial charge in [0, 0.05) is 17.2 Å². The van der Waals surface area contributed by atoms with E-state index in [1.165, 1.54) is 5.56 Å². The Balaban J connectivity index is 1.85. The van der Waals surface area contributed by atoms with Gasteiger partial charge in [-0.3, -0.25) is 9.89 Å². The Hall–Kier alpha value is -3.28. The summed E-state index contributed by atoms with van der Waals surface area (Å²) in [6.45, 7) is 8.81. The average Bonchev–Trinajstić information content (AvgIpc) is 3.32. The topological polar surface area (TPSA) is 67.5 Å². The second kappa shape index (κ2) is 8.46. The number of carbonyl (C=O) groups is 1. The minimum absolute atomic E-state index is 0.0196. The highest BCUT2D eigenvalue weighted by Gasteiger charge is 2.43. The summed E-state index contributed by atoms with van der Waals surface area (Å²) in [5, 5.41) is 7.53. The zero-order valence-corrected chi connectivity index (χ0v) is 18.7. The lowest BCUT2D eigenvalue weighted by Crippen LogP contribution is -2.35. The molecule has 1 atom stereocenters. The van der Waals surface area contributed by atoms with Crippen LogP contribution in [0, 0.1) is 6.92 Å². The highest BCUT2D eigenvalue weighted by Crippen LogP contribution is 2.45. The fraction of sp³-hybridized carbons (Fsp3) is 0.360. The molecule has 2 heterocycles. The van der Waals surface area contributed by atoms with Crippen molar-refractivity contribution < 1.29 is 14.3 Å². The zero-order valence-electron chi connectivity index (χ0n) is 18.7. The van der Waals surface area contributed by atoms with Gasteiger partial charge in [0.2, 0.25) is 0 Å². The fourth-order valence-electron chi connectivity index (χ4n) is 4.14. The van der Waals surface area contributed by atoms with Crippen molar-refractivity contribution in [1.82, 2.24) is 15.1 Å². The number of hydrogen-bond donors (Lipinski definition) is 1. The minimum atomic E-state index is -0.258. The first kappa shape index (κ1) is 21.0. The van der Waals surface area contributed by atoms with Gasteiger partial charge < -0.3 is 14.4 Å². The van der Waals surface area contributed by atoms with E-state index in [9.17, 15) is 4.79 Å². The maximum Gasteiger partial charge on any atom is 0.273 e. The molecule has 0 aliphatic carbocycles. The van der Waals surface area contributed by atoms with E-state index in [1.54, 1.807) is 7.11 Å². The molecule has 1 amide bonds. The maximum atomic E-state index is 13.3. The number of H-pyrrole nitrogens is 1. The van der Waals surface area contributed by atoms with Crippen LogP contribution in [-0.2, 0) is 0 Å². The lowest BCUT2D eigenvalue weighted by atomic mass is 9.95. The number of aryl methyl sites for hydroxylation is 1. The van der Waals surface area contributed by atoms with E-state index in [0.29, 0.717) is 23.8 Å². The summed E-state index contributed by atoms with van der Waals surface area (Å²) in [6, 6.07) is 13.9. The molecule has 3 aromatic rings. The number of carbonyl (C=O) groups excluding carboxylic acids is 1. The van der Waals surface area contributed by atoms with E-state index in [0.717, 1.165) is 28.8 Å². The molecule has 0 saturated carbocycles. The van der Waals surface area contributed by atoms with Gasteiger partial charge in [-0.2, -0.15) is 5.10 Å². The Morgan fingerprint density at radius 2 is 1.87 bits per heavy atom. The molecule has 1 unspecified atom stereocenters. The normalized spacial score (nSPS) is 15.5. The van der Waals surface area contributed by atoms with Gasteiger partial charge in [-0.1, -0.05) is 42.8 Å². The van der Waals surface area contributed by atoms with Crippen molar-refractivity contribution in [2.45, 2.75) is 46.2 Å². The summed E-state index contributed by atoms with van der Waals surface area (Å²) in [6.07, 6.45) is 0.918. The molecule has 0 fully saturated rings. The molecule has 1 N–H and O–H groups in total. The zero-order chi connectivity index (χ0) is 22.1. The Morgan fingerprint density at radius 1 is 1.13 bits per heavy atom. The molecule has 31 heavy (non-hydrogen) atoms. The third-order valence-corrected chi connectivity index (χ3v) is 5.65. The van der Waals surface area contributed by atoms with E-state index in [-0.39, 0.29) is 18.0 Å². The number of benzene rings is 2. The van der Waals surface area contributed by atoms with E-state index >= 15 is 0 Å². The molecule has 2 aromatic carbocycles. The Labute approximate surface area is 183 Å². The lowest BCUT2D eigenvalue weighted by Gasteiger charge is -2.30. The predicted octanol–water partition coefficient (Wildman–Crippen LogP) is 5.14. The van der Waals surface area contributed by atoms with Gasteiger partial charge in [0.15, 0.2) is 11.5 Å². The summed E-state index contributed by atoms with van der Waals surface area (Å²) < 4.78 is 11.4. The molecule has 0 radical (unpaired) electrons. The molecule has 1 aliphatic heterocycles. The van der Waals surface area contributed by atoms with E-state index in [4.69, 9.17) is 9.47 Å². The predicted molar refractivity (Wildman–Crippen MR) is 121 cm³/mol. The van der Waals surface area contributed by atoms with Gasteiger partial charge in [-0.25, -0.2) is 0 Å². The van der Waals surface area contributed by atoms with Gasteiger partial charge in [-0.05, 0) is 44.9 Å². The maximum absolute atomic E-state index is 13.3. The monoisotopic (exact) mass is 419 g/mol. The molecule has 0 bridgehead atoms. The average molecular weight is 420 g/mol. The standard InChI is InChI=1S/C25H29N3O3/c1-6-13-31-19-12-11-18(14-20(19)30-5)24-21-22(17-9-7-16(4)8-10-17)26-27-23(21)25(29)28(24)15(2)3/h7-12,14-15,24H,6,13H2,1-5H3,(H,26,27). The molecule has 162 valence electrons. The molecule has 6 nitrogen and oxygen atoms in total. The van der Waals surface area contributed by atoms with Crippen molar-refractivity contribution >= 4 is 5.91 Å². The van der Waals surface area contributed by atoms with E-state index in [2.05, 4.69) is 36.2 Å². The number of fused-ring (bicyclic) bond motifs is 1. The number of ether oxygens (including phenoxy) is 2. The molecular weight excluding hydrogens is 390 g/mol. The van der Waals surface area contributed by atoms with E-state index in [1.807, 2.05) is 49.1 Å². The Kier molecular flexibility index (Phi) is 5.72. The van der Waals surface area contributed by atoms with Crippen molar-refractivity contribution in [3.8, 4) is 22.8 Å². The first-order chi connectivity index (χ1) is 15.0. The fourth-order valence-corrected chi connectivity index (χ4v) is 4.14. The summed E-state index contributed by atoms with van der Waals surface area (Å²) in [5.74, 6) is 1.33. The summed E-state index contributed by atoms with van der Waals surface area (Å²) in [7, 11) is 1.64. The van der Waals surface area contributed by atoms with Crippen molar-refractivity contribution in [2.24, 2.45) is 0 Å². The molecule has 4 rings (SSSR count). The molecule has 0 saturated heterocycles. The SMILES string of the molecule is CCCOc1ccc(C2c3c(-c4ccc(C)cc4)n[nH]c3C(=O)N2C(C)C)cc1OC. The second-order valence-corrected chi connectivity index (χ2v) is 8.19. The van der Waals surface area contributed by atoms with Crippen LogP contribution in [-0.4, -0.2) is 40.8 Å². The van der Waals surface area contributed by atoms with Crippen LogP contribution in [0.4, 0.5) is 0 Å². The van der Waals surface area contributed by atoms with Crippen LogP contribution in [0.5, 0.6) is 11.5 Å². The largest absolute Gasteiger partial charge is 0.493 e. The van der Waals surface area contributed by atoms with Crippen LogP contribution in [0.25, 0.3) is 11.3 Å². The number of aromatic nitrogens is 2. The quantitative estimate of drug-likeness (QED) is 0.576. The van der Waals surface area contributed by atoms with Crippen LogP contribution < -0.4 is 9.47 Å². The van der Waals surface area contributed by atoms with Crippen LogP contribution in [0.3, 0.4) is 0 Å². The van der Waals surface area contributed by atoms with Gasteiger partial charge in [0.25, 0.3) is 5.91 Å². The molecule has 6 heteroatoms. The molecular formula is C25H29N3O3. The first-order valence-corrected chi connectivity index (χ1v) is 10.7. The third-order valence-electron chi connectivity index (χ3n) is 5.65. The molecule has 1 aliphatic rings. The van der Waals surface area contributed by atoms with Crippen molar-refractivity contribution in [2.75, 3.05) is 13.7 Å². The summed E-state index contributed by atoms with van der Waals surface area (Å²) in [4.78, 5) is 15.2. The number of hydrogen-bond acceptors (Lipinski definition) is 4. The minimum Gasteiger partial charge on any atom is -0.493 e. The lowest BCUT2D eigenvalue weighted by molar-refractivity contribution is 0.0687. The number of nitrogens with one attached hydrogen (secondary N) is 1. The van der Waals surface area contributed by atoms with Gasteiger partial charge in [0.1, 0.15) is 5.69 Å². The van der Waals surface area contributed by atoms with Crippen LogP contribution >= 0.6 is 0 Å². The summed E-state index contributed by atoms with van der Waals surface area (Å²) in [5.41, 5.74) is 5.41. The number of nitrogens with zero attached hydrogens (tertiary/aromatic N) is 2. The Bertz CT molecular complexity index is 1090. The smallest absolute Gasteiger partial charge is 0.273 e. The van der Waals surface area contributed by atoms with Crippen LogP contribution in [0.15, 0.2) is 42.5 Å². The number of rotatable bonds is 7. The molecule has 1 aromatic heterocycles. The van der Waals surface area contributed by atoms with Crippen LogP contribution in [0.2, 0.25) is 0 Å². The van der Waals surface area contributed by atoms with E-state index < -0.39 is 0 Å². The summed E-state index contributed by atoms with van der Waals surface area (Å²) >= 11 is 0. The van der Waals surface area contributed by atoms with Gasteiger partial charge >= 0.3 is 0 Å². The highest BCUT2D eigenvalue weighted by molar-refractivity contribution is 6.00.